The molecule has 0 saturated carbocycles. The van der Waals surface area contributed by atoms with Gasteiger partial charge in [0.2, 0.25) is 5.91 Å². The molecule has 1 N–H and O–H groups in total. The highest BCUT2D eigenvalue weighted by Gasteiger charge is 2.09. The van der Waals surface area contributed by atoms with Crippen molar-refractivity contribution in [3.05, 3.63) is 29.8 Å². The highest BCUT2D eigenvalue weighted by atomic mass is 16.5. The minimum atomic E-state index is 0.0968. The second-order valence-corrected chi connectivity index (χ2v) is 4.63. The van der Waals surface area contributed by atoms with E-state index in [1.807, 2.05) is 45.2 Å². The number of carbonyl (C=O) groups is 1. The number of carbonyl (C=O) groups excluding carboxylic acids is 1. The molecule has 1 aromatic rings. The van der Waals surface area contributed by atoms with E-state index in [1.54, 1.807) is 12.0 Å². The lowest BCUT2D eigenvalue weighted by Crippen LogP contribution is -2.37. The van der Waals surface area contributed by atoms with Crippen LogP contribution < -0.4 is 10.1 Å². The number of nitrogens with zero attached hydrogens (tertiary/aromatic N) is 1. The third kappa shape index (κ3) is 4.75. The summed E-state index contributed by atoms with van der Waals surface area (Å²) >= 11 is 0. The van der Waals surface area contributed by atoms with E-state index in [4.69, 9.17) is 4.74 Å². The molecule has 1 aromatic carbocycles. The molecular formula is C14H22N2O2. The van der Waals surface area contributed by atoms with Crippen molar-refractivity contribution in [2.75, 3.05) is 20.7 Å². The van der Waals surface area contributed by atoms with Crippen molar-refractivity contribution in [3.63, 3.8) is 0 Å². The molecule has 4 nitrogen and oxygen atoms in total. The molecule has 1 amide bonds. The summed E-state index contributed by atoms with van der Waals surface area (Å²) in [6.07, 6.45) is 0. The van der Waals surface area contributed by atoms with Gasteiger partial charge in [0, 0.05) is 19.6 Å². The lowest BCUT2D eigenvalue weighted by atomic mass is 10.2. The molecule has 1 rings (SSSR count). The second-order valence-electron chi connectivity index (χ2n) is 4.63. The topological polar surface area (TPSA) is 41.6 Å². The molecule has 100 valence electrons. The largest absolute Gasteiger partial charge is 0.497 e. The van der Waals surface area contributed by atoms with E-state index in [0.717, 1.165) is 11.3 Å². The summed E-state index contributed by atoms with van der Waals surface area (Å²) in [4.78, 5) is 13.5. The van der Waals surface area contributed by atoms with Crippen molar-refractivity contribution in [1.82, 2.24) is 10.2 Å². The summed E-state index contributed by atoms with van der Waals surface area (Å²) in [7, 11) is 3.46. The average molecular weight is 250 g/mol. The smallest absolute Gasteiger partial charge is 0.236 e. The molecule has 0 heterocycles. The lowest BCUT2D eigenvalue weighted by Gasteiger charge is -2.18. The minimum Gasteiger partial charge on any atom is -0.497 e. The van der Waals surface area contributed by atoms with Crippen molar-refractivity contribution < 1.29 is 9.53 Å². The molecule has 18 heavy (non-hydrogen) atoms. The first-order chi connectivity index (χ1) is 8.52. The van der Waals surface area contributed by atoms with Gasteiger partial charge in [-0.1, -0.05) is 26.0 Å². The van der Waals surface area contributed by atoms with Crippen LogP contribution in [0.2, 0.25) is 0 Å². The number of methoxy groups -OCH3 is 1. The van der Waals surface area contributed by atoms with E-state index in [0.29, 0.717) is 19.1 Å². The van der Waals surface area contributed by atoms with Gasteiger partial charge in [0.05, 0.1) is 13.7 Å². The zero-order valence-electron chi connectivity index (χ0n) is 11.6. The fourth-order valence-electron chi connectivity index (χ4n) is 1.52. The van der Waals surface area contributed by atoms with Crippen molar-refractivity contribution in [2.45, 2.75) is 26.4 Å². The van der Waals surface area contributed by atoms with E-state index in [-0.39, 0.29) is 5.91 Å². The molecule has 0 unspecified atom stereocenters. The van der Waals surface area contributed by atoms with Gasteiger partial charge in [0.1, 0.15) is 5.75 Å². The van der Waals surface area contributed by atoms with Crippen LogP contribution in [0.25, 0.3) is 0 Å². The van der Waals surface area contributed by atoms with Gasteiger partial charge in [0.25, 0.3) is 0 Å². The number of likely N-dealkylation sites (N-methyl/N-ethyl adjacent to an activating group) is 1. The van der Waals surface area contributed by atoms with Crippen LogP contribution in [-0.2, 0) is 11.3 Å². The Balaban J connectivity index is 2.47. The summed E-state index contributed by atoms with van der Waals surface area (Å²) in [5, 5.41) is 3.12. The van der Waals surface area contributed by atoms with Gasteiger partial charge in [-0.2, -0.15) is 0 Å². The van der Waals surface area contributed by atoms with E-state index in [9.17, 15) is 4.79 Å². The van der Waals surface area contributed by atoms with Gasteiger partial charge in [-0.3, -0.25) is 4.79 Å². The molecule has 0 aliphatic rings. The maximum atomic E-state index is 11.8. The molecule has 0 spiro atoms. The molecule has 0 aromatic heterocycles. The summed E-state index contributed by atoms with van der Waals surface area (Å²) in [5.74, 6) is 0.925. The van der Waals surface area contributed by atoms with Crippen LogP contribution in [0.3, 0.4) is 0 Å². The molecule has 4 heteroatoms. The van der Waals surface area contributed by atoms with Crippen LogP contribution in [0.5, 0.6) is 5.75 Å². The Morgan fingerprint density at radius 2 is 1.94 bits per heavy atom. The Bertz CT molecular complexity index is 374. The van der Waals surface area contributed by atoms with Crippen LogP contribution >= 0.6 is 0 Å². The molecule has 0 radical (unpaired) electrons. The van der Waals surface area contributed by atoms with Crippen LogP contribution in [0.15, 0.2) is 24.3 Å². The Kier molecular flexibility index (Phi) is 5.65. The first-order valence-corrected chi connectivity index (χ1v) is 6.13. The zero-order chi connectivity index (χ0) is 13.5. The third-order valence-electron chi connectivity index (χ3n) is 2.67. The third-order valence-corrected chi connectivity index (χ3v) is 2.67. The Morgan fingerprint density at radius 1 is 1.33 bits per heavy atom. The number of ether oxygens (including phenoxy) is 1. The average Bonchev–Trinajstić information content (AvgIpc) is 2.36. The van der Waals surface area contributed by atoms with Gasteiger partial charge in [-0.25, -0.2) is 0 Å². The molecular weight excluding hydrogens is 228 g/mol. The molecule has 0 atom stereocenters. The number of hydrogen-bond acceptors (Lipinski definition) is 3. The number of benzene rings is 1. The molecule has 0 saturated heterocycles. The first-order valence-electron chi connectivity index (χ1n) is 6.13. The van der Waals surface area contributed by atoms with Crippen molar-refractivity contribution in [1.29, 1.82) is 0 Å². The van der Waals surface area contributed by atoms with Gasteiger partial charge in [0.15, 0.2) is 0 Å². The number of nitrogens with one attached hydrogen (secondary N) is 1. The normalized spacial score (nSPS) is 10.5. The van der Waals surface area contributed by atoms with E-state index in [2.05, 4.69) is 5.32 Å². The maximum Gasteiger partial charge on any atom is 0.236 e. The van der Waals surface area contributed by atoms with Crippen LogP contribution in [-0.4, -0.2) is 37.6 Å². The fraction of sp³-hybridized carbons (Fsp3) is 0.500. The standard InChI is InChI=1S/C14H22N2O2/c1-11(2)15-9-14(17)16(3)10-12-5-7-13(18-4)8-6-12/h5-8,11,15H,9-10H2,1-4H3. The molecule has 0 aliphatic carbocycles. The maximum absolute atomic E-state index is 11.8. The summed E-state index contributed by atoms with van der Waals surface area (Å²) in [6.45, 7) is 5.04. The molecule has 0 aliphatic heterocycles. The van der Waals surface area contributed by atoms with Gasteiger partial charge in [-0.15, -0.1) is 0 Å². The van der Waals surface area contributed by atoms with Crippen LogP contribution in [0, 0.1) is 0 Å². The quantitative estimate of drug-likeness (QED) is 0.834. The lowest BCUT2D eigenvalue weighted by molar-refractivity contribution is -0.129. The highest BCUT2D eigenvalue weighted by molar-refractivity contribution is 5.78. The number of amides is 1. The first kappa shape index (κ1) is 14.5. The minimum absolute atomic E-state index is 0.0968. The number of rotatable bonds is 6. The van der Waals surface area contributed by atoms with Gasteiger partial charge in [-0.05, 0) is 17.7 Å². The zero-order valence-corrected chi connectivity index (χ0v) is 11.6. The Hall–Kier alpha value is -1.55. The van der Waals surface area contributed by atoms with Crippen molar-refractivity contribution >= 4 is 5.91 Å². The Morgan fingerprint density at radius 3 is 2.44 bits per heavy atom. The van der Waals surface area contributed by atoms with Crippen LogP contribution in [0.4, 0.5) is 0 Å². The second kappa shape index (κ2) is 7.01. The Labute approximate surface area is 109 Å². The SMILES string of the molecule is COc1ccc(CN(C)C(=O)CNC(C)C)cc1. The monoisotopic (exact) mass is 250 g/mol. The fourth-order valence-corrected chi connectivity index (χ4v) is 1.52. The van der Waals surface area contributed by atoms with Crippen molar-refractivity contribution in [3.8, 4) is 5.75 Å². The molecule has 0 fully saturated rings. The summed E-state index contributed by atoms with van der Waals surface area (Å²) < 4.78 is 5.10. The van der Waals surface area contributed by atoms with Gasteiger partial charge < -0.3 is 15.0 Å². The highest BCUT2D eigenvalue weighted by Crippen LogP contribution is 2.12. The van der Waals surface area contributed by atoms with Crippen molar-refractivity contribution in [2.24, 2.45) is 0 Å². The van der Waals surface area contributed by atoms with E-state index >= 15 is 0 Å². The van der Waals surface area contributed by atoms with Gasteiger partial charge >= 0.3 is 0 Å². The number of hydrogen-bond donors (Lipinski definition) is 1. The predicted octanol–water partition coefficient (Wildman–Crippen LogP) is 1.65. The van der Waals surface area contributed by atoms with E-state index < -0.39 is 0 Å². The predicted molar refractivity (Wildman–Crippen MR) is 72.6 cm³/mol. The van der Waals surface area contributed by atoms with E-state index in [1.165, 1.54) is 0 Å². The summed E-state index contributed by atoms with van der Waals surface area (Å²) in [5.41, 5.74) is 1.09. The van der Waals surface area contributed by atoms with Crippen LogP contribution in [0.1, 0.15) is 19.4 Å². The summed E-state index contributed by atoms with van der Waals surface area (Å²) in [6, 6.07) is 8.07. The molecule has 0 bridgehead atoms.